The van der Waals surface area contributed by atoms with E-state index in [1.165, 1.54) is 0 Å². The van der Waals surface area contributed by atoms with E-state index in [1.54, 1.807) is 25.4 Å². The number of piperidine rings is 2. The third-order valence-corrected chi connectivity index (χ3v) is 6.21. The van der Waals surface area contributed by atoms with Gasteiger partial charge in [0, 0.05) is 37.9 Å². The number of amides is 2. The quantitative estimate of drug-likeness (QED) is 0.834. The van der Waals surface area contributed by atoms with Gasteiger partial charge in [0.25, 0.3) is 5.91 Å². The smallest absolute Gasteiger partial charge is 0.276 e. The second kappa shape index (κ2) is 8.47. The van der Waals surface area contributed by atoms with Crippen LogP contribution in [0.3, 0.4) is 0 Å². The zero-order valence-corrected chi connectivity index (χ0v) is 16.6. The van der Waals surface area contributed by atoms with E-state index in [4.69, 9.17) is 4.74 Å². The summed E-state index contributed by atoms with van der Waals surface area (Å²) in [5.74, 6) is 0.820. The van der Waals surface area contributed by atoms with Gasteiger partial charge in [0.15, 0.2) is 5.69 Å². The Bertz CT molecular complexity index is 713. The van der Waals surface area contributed by atoms with Crippen LogP contribution >= 0.6 is 0 Å². The largest absolute Gasteiger partial charge is 0.494 e. The van der Waals surface area contributed by atoms with Crippen molar-refractivity contribution in [2.45, 2.75) is 50.6 Å². The molecular weight excluding hydrogens is 356 g/mol. The molecule has 1 N–H and O–H groups in total. The molecule has 0 spiro atoms. The number of likely N-dealkylation sites (tertiary alicyclic amines) is 2. The molecule has 1 aromatic rings. The van der Waals surface area contributed by atoms with Crippen LogP contribution in [-0.2, 0) is 4.79 Å². The fourth-order valence-electron chi connectivity index (χ4n) is 4.40. The fraction of sp³-hybridized carbons (Fsp3) is 0.667. The number of hydrogen-bond donors (Lipinski definition) is 1. The molecule has 1 unspecified atom stereocenters. The normalized spacial score (nSPS) is 24.0. The van der Waals surface area contributed by atoms with E-state index >= 15 is 0 Å². The van der Waals surface area contributed by atoms with Gasteiger partial charge in [-0.2, -0.15) is 0 Å². The Balaban J connectivity index is 1.31. The fourth-order valence-corrected chi connectivity index (χ4v) is 4.40. The Morgan fingerprint density at radius 3 is 2.64 bits per heavy atom. The van der Waals surface area contributed by atoms with Crippen LogP contribution in [0, 0.1) is 5.92 Å². The maximum Gasteiger partial charge on any atom is 0.276 e. The minimum Gasteiger partial charge on any atom is -0.494 e. The van der Waals surface area contributed by atoms with E-state index < -0.39 is 0 Å². The average Bonchev–Trinajstić information content (AvgIpc) is 3.57. The van der Waals surface area contributed by atoms with E-state index in [0.717, 1.165) is 64.7 Å². The Morgan fingerprint density at radius 2 is 1.93 bits per heavy atom. The molecule has 2 saturated heterocycles. The highest BCUT2D eigenvalue weighted by Crippen LogP contribution is 2.27. The molecule has 2 aliphatic heterocycles. The first kappa shape index (κ1) is 19.2. The highest BCUT2D eigenvalue weighted by Gasteiger charge is 2.34. The summed E-state index contributed by atoms with van der Waals surface area (Å²) >= 11 is 0. The first-order chi connectivity index (χ1) is 13.7. The highest BCUT2D eigenvalue weighted by atomic mass is 16.5. The van der Waals surface area contributed by atoms with Crippen LogP contribution in [0.1, 0.15) is 49.0 Å². The lowest BCUT2D eigenvalue weighted by Gasteiger charge is -2.42. The predicted octanol–water partition coefficient (Wildman–Crippen LogP) is 1.69. The summed E-state index contributed by atoms with van der Waals surface area (Å²) in [6.07, 6.45) is 7.85. The molecule has 2 amide bonds. The lowest BCUT2D eigenvalue weighted by molar-refractivity contribution is -0.127. The average molecular weight is 386 g/mol. The van der Waals surface area contributed by atoms with Crippen LogP contribution < -0.4 is 10.1 Å². The van der Waals surface area contributed by atoms with Crippen molar-refractivity contribution in [3.8, 4) is 5.75 Å². The maximum absolute atomic E-state index is 12.8. The van der Waals surface area contributed by atoms with Crippen LogP contribution in [0.5, 0.6) is 5.75 Å². The van der Waals surface area contributed by atoms with Gasteiger partial charge in [0.2, 0.25) is 5.91 Å². The van der Waals surface area contributed by atoms with Crippen LogP contribution in [0.4, 0.5) is 0 Å². The van der Waals surface area contributed by atoms with Crippen molar-refractivity contribution in [1.82, 2.24) is 20.1 Å². The standard InChI is InChI=1S/C21H30N4O3/c1-28-18-5-2-10-22-19(18)21(27)24-12-8-17(9-13-24)25-11-3-4-15(14-25)20(26)23-16-6-7-16/h2,5,10,15-17H,3-4,6-9,11-14H2,1H3,(H,23,26). The highest BCUT2D eigenvalue weighted by molar-refractivity contribution is 5.95. The van der Waals surface area contributed by atoms with Gasteiger partial charge in [0.05, 0.1) is 13.0 Å². The van der Waals surface area contributed by atoms with Gasteiger partial charge >= 0.3 is 0 Å². The molecule has 0 bridgehead atoms. The molecule has 3 aliphatic rings. The number of carbonyl (C=O) groups excluding carboxylic acids is 2. The maximum atomic E-state index is 12.8. The molecule has 1 saturated carbocycles. The van der Waals surface area contributed by atoms with Crippen molar-refractivity contribution in [3.63, 3.8) is 0 Å². The molecule has 4 rings (SSSR count). The van der Waals surface area contributed by atoms with Gasteiger partial charge < -0.3 is 15.0 Å². The van der Waals surface area contributed by atoms with Crippen LogP contribution in [0.25, 0.3) is 0 Å². The second-order valence-corrected chi connectivity index (χ2v) is 8.19. The molecule has 0 aromatic carbocycles. The van der Waals surface area contributed by atoms with Gasteiger partial charge in [-0.3, -0.25) is 14.5 Å². The van der Waals surface area contributed by atoms with Crippen molar-refractivity contribution in [3.05, 3.63) is 24.0 Å². The first-order valence-corrected chi connectivity index (χ1v) is 10.5. The third-order valence-electron chi connectivity index (χ3n) is 6.21. The molecular formula is C21H30N4O3. The van der Waals surface area contributed by atoms with E-state index in [0.29, 0.717) is 23.5 Å². The number of pyridine rings is 1. The van der Waals surface area contributed by atoms with Gasteiger partial charge in [-0.05, 0) is 57.2 Å². The molecule has 3 fully saturated rings. The lowest BCUT2D eigenvalue weighted by Crippen LogP contribution is -2.51. The number of methoxy groups -OCH3 is 1. The van der Waals surface area contributed by atoms with Crippen molar-refractivity contribution in [2.75, 3.05) is 33.3 Å². The number of ether oxygens (including phenoxy) is 1. The molecule has 7 nitrogen and oxygen atoms in total. The van der Waals surface area contributed by atoms with E-state index in [9.17, 15) is 9.59 Å². The molecule has 1 atom stereocenters. The number of nitrogens with one attached hydrogen (secondary N) is 1. The molecule has 1 aliphatic carbocycles. The molecule has 152 valence electrons. The van der Waals surface area contributed by atoms with Gasteiger partial charge in [0.1, 0.15) is 5.75 Å². The molecule has 3 heterocycles. The van der Waals surface area contributed by atoms with Crippen molar-refractivity contribution >= 4 is 11.8 Å². The Hall–Kier alpha value is -2.15. The van der Waals surface area contributed by atoms with Gasteiger partial charge in [-0.15, -0.1) is 0 Å². The number of aromatic nitrogens is 1. The summed E-state index contributed by atoms with van der Waals surface area (Å²) < 4.78 is 5.28. The number of hydrogen-bond acceptors (Lipinski definition) is 5. The van der Waals surface area contributed by atoms with Crippen molar-refractivity contribution in [1.29, 1.82) is 0 Å². The first-order valence-electron chi connectivity index (χ1n) is 10.5. The number of nitrogens with zero attached hydrogens (tertiary/aromatic N) is 3. The van der Waals surface area contributed by atoms with E-state index in [2.05, 4.69) is 15.2 Å². The lowest BCUT2D eigenvalue weighted by atomic mass is 9.93. The minimum absolute atomic E-state index is 0.0590. The Labute approximate surface area is 166 Å². The SMILES string of the molecule is COc1cccnc1C(=O)N1CCC(N2CCCC(C(=O)NC3CC3)C2)CC1. The van der Waals surface area contributed by atoms with Crippen LogP contribution in [0.15, 0.2) is 18.3 Å². The summed E-state index contributed by atoms with van der Waals surface area (Å²) in [5.41, 5.74) is 0.387. The second-order valence-electron chi connectivity index (χ2n) is 8.19. The molecule has 7 heteroatoms. The number of carbonyl (C=O) groups is 2. The zero-order chi connectivity index (χ0) is 19.5. The van der Waals surface area contributed by atoms with Crippen molar-refractivity contribution in [2.24, 2.45) is 5.92 Å². The van der Waals surface area contributed by atoms with Gasteiger partial charge in [-0.1, -0.05) is 0 Å². The Kier molecular flexibility index (Phi) is 5.80. The summed E-state index contributed by atoms with van der Waals surface area (Å²) in [6.45, 7) is 3.35. The van der Waals surface area contributed by atoms with Crippen LogP contribution in [-0.4, -0.2) is 72.0 Å². The predicted molar refractivity (Wildman–Crippen MR) is 105 cm³/mol. The number of rotatable bonds is 5. The summed E-state index contributed by atoms with van der Waals surface area (Å²) in [7, 11) is 1.56. The summed E-state index contributed by atoms with van der Waals surface area (Å²) in [4.78, 5) is 33.8. The summed E-state index contributed by atoms with van der Waals surface area (Å²) in [6, 6.07) is 4.42. The minimum atomic E-state index is -0.0590. The molecule has 0 radical (unpaired) electrons. The molecule has 28 heavy (non-hydrogen) atoms. The Morgan fingerprint density at radius 1 is 1.14 bits per heavy atom. The van der Waals surface area contributed by atoms with E-state index in [-0.39, 0.29) is 17.7 Å². The third kappa shape index (κ3) is 4.29. The van der Waals surface area contributed by atoms with Gasteiger partial charge in [-0.25, -0.2) is 4.98 Å². The van der Waals surface area contributed by atoms with Crippen molar-refractivity contribution < 1.29 is 14.3 Å². The van der Waals surface area contributed by atoms with E-state index in [1.807, 2.05) is 4.90 Å². The zero-order valence-electron chi connectivity index (χ0n) is 16.6. The molecule has 1 aromatic heterocycles. The summed E-state index contributed by atoms with van der Waals surface area (Å²) in [5, 5.41) is 3.16. The van der Waals surface area contributed by atoms with Crippen LogP contribution in [0.2, 0.25) is 0 Å². The monoisotopic (exact) mass is 386 g/mol. The topological polar surface area (TPSA) is 74.8 Å².